The molecule has 2 nitrogen and oxygen atoms in total. The van der Waals surface area contributed by atoms with Gasteiger partial charge in [-0.15, -0.1) is 0 Å². The maximum absolute atomic E-state index is 5.75. The molecule has 1 aliphatic rings. The Kier molecular flexibility index (Phi) is 5.60. The Morgan fingerprint density at radius 3 is 3.00 bits per heavy atom. The van der Waals surface area contributed by atoms with Crippen LogP contribution in [0.5, 0.6) is 0 Å². The largest absolute Gasteiger partial charge is 0.375 e. The molecule has 0 spiro atoms. The molecule has 14 heavy (non-hydrogen) atoms. The fourth-order valence-electron chi connectivity index (χ4n) is 1.62. The summed E-state index contributed by atoms with van der Waals surface area (Å²) >= 11 is 1.98. The van der Waals surface area contributed by atoms with E-state index in [4.69, 9.17) is 4.74 Å². The highest BCUT2D eigenvalue weighted by Gasteiger charge is 2.24. The Balaban J connectivity index is 2.43. The fourth-order valence-corrected chi connectivity index (χ4v) is 2.52. The summed E-state index contributed by atoms with van der Waals surface area (Å²) in [7, 11) is 0. The Morgan fingerprint density at radius 1 is 1.71 bits per heavy atom. The van der Waals surface area contributed by atoms with Crippen LogP contribution in [0.25, 0.3) is 0 Å². The van der Waals surface area contributed by atoms with E-state index in [-0.39, 0.29) is 0 Å². The minimum absolute atomic E-state index is 0.317. The predicted octanol–water partition coefficient (Wildman–Crippen LogP) is 2.06. The maximum Gasteiger partial charge on any atom is 0.0856 e. The van der Waals surface area contributed by atoms with Gasteiger partial charge in [0.2, 0.25) is 0 Å². The summed E-state index contributed by atoms with van der Waals surface area (Å²) in [6.45, 7) is 10.2. The van der Waals surface area contributed by atoms with Gasteiger partial charge in [0.25, 0.3) is 0 Å². The standard InChI is InChI=1S/C11H21NOS/c1-4-5-12-11(9(2)3)10-8-14-7-6-13-10/h10-12H,2,4-8H2,1,3H3. The topological polar surface area (TPSA) is 21.3 Å². The quantitative estimate of drug-likeness (QED) is 0.709. The Hall–Kier alpha value is 0.01000. The van der Waals surface area contributed by atoms with Crippen LogP contribution in [0, 0.1) is 0 Å². The van der Waals surface area contributed by atoms with E-state index in [9.17, 15) is 0 Å². The van der Waals surface area contributed by atoms with Crippen LogP contribution in [-0.4, -0.2) is 36.8 Å². The van der Waals surface area contributed by atoms with Gasteiger partial charge in [0, 0.05) is 11.5 Å². The van der Waals surface area contributed by atoms with Crippen LogP contribution >= 0.6 is 11.8 Å². The van der Waals surface area contributed by atoms with Crippen molar-refractivity contribution in [3.05, 3.63) is 12.2 Å². The van der Waals surface area contributed by atoms with Crippen LogP contribution in [0.4, 0.5) is 0 Å². The van der Waals surface area contributed by atoms with E-state index in [2.05, 4.69) is 25.7 Å². The van der Waals surface area contributed by atoms with Gasteiger partial charge in [-0.25, -0.2) is 0 Å². The zero-order chi connectivity index (χ0) is 10.4. The van der Waals surface area contributed by atoms with Gasteiger partial charge >= 0.3 is 0 Å². The van der Waals surface area contributed by atoms with Crippen molar-refractivity contribution in [3.63, 3.8) is 0 Å². The summed E-state index contributed by atoms with van der Waals surface area (Å²) in [5.74, 6) is 2.22. The molecule has 0 saturated carbocycles. The first-order valence-electron chi connectivity index (χ1n) is 5.33. The van der Waals surface area contributed by atoms with E-state index < -0.39 is 0 Å². The Labute approximate surface area is 91.5 Å². The second-order valence-electron chi connectivity index (χ2n) is 3.76. The minimum atomic E-state index is 0.317. The zero-order valence-corrected chi connectivity index (χ0v) is 10.0. The average Bonchev–Trinajstić information content (AvgIpc) is 2.19. The van der Waals surface area contributed by atoms with Gasteiger partial charge in [-0.2, -0.15) is 11.8 Å². The fraction of sp³-hybridized carbons (Fsp3) is 0.818. The lowest BCUT2D eigenvalue weighted by molar-refractivity contribution is 0.0562. The molecule has 1 saturated heterocycles. The summed E-state index contributed by atoms with van der Waals surface area (Å²) in [4.78, 5) is 0. The molecule has 1 rings (SSSR count). The van der Waals surface area contributed by atoms with Crippen LogP contribution < -0.4 is 5.32 Å². The van der Waals surface area contributed by atoms with E-state index >= 15 is 0 Å². The van der Waals surface area contributed by atoms with E-state index in [0.29, 0.717) is 12.1 Å². The molecule has 0 aromatic rings. The van der Waals surface area contributed by atoms with E-state index in [1.165, 1.54) is 5.57 Å². The molecule has 0 bridgehead atoms. The summed E-state index contributed by atoms with van der Waals surface area (Å²) < 4.78 is 5.75. The van der Waals surface area contributed by atoms with Gasteiger partial charge in [-0.05, 0) is 19.9 Å². The minimum Gasteiger partial charge on any atom is -0.375 e. The first kappa shape index (κ1) is 12.1. The van der Waals surface area contributed by atoms with Gasteiger partial charge < -0.3 is 10.1 Å². The van der Waals surface area contributed by atoms with Gasteiger partial charge in [0.05, 0.1) is 18.8 Å². The third kappa shape index (κ3) is 3.64. The maximum atomic E-state index is 5.75. The molecule has 1 fully saturated rings. The lowest BCUT2D eigenvalue weighted by Gasteiger charge is -2.31. The van der Waals surface area contributed by atoms with Gasteiger partial charge in [-0.3, -0.25) is 0 Å². The van der Waals surface area contributed by atoms with Crippen LogP contribution in [0.15, 0.2) is 12.2 Å². The third-order valence-corrected chi connectivity index (χ3v) is 3.38. The summed E-state index contributed by atoms with van der Waals surface area (Å²) in [6, 6.07) is 0.336. The molecule has 82 valence electrons. The Morgan fingerprint density at radius 2 is 2.50 bits per heavy atom. The normalized spacial score (nSPS) is 24.6. The summed E-state index contributed by atoms with van der Waals surface area (Å²) in [6.07, 6.45) is 1.47. The van der Waals surface area contributed by atoms with Gasteiger partial charge in [-0.1, -0.05) is 19.1 Å². The molecule has 0 aliphatic carbocycles. The predicted molar refractivity (Wildman–Crippen MR) is 64.0 cm³/mol. The second-order valence-corrected chi connectivity index (χ2v) is 4.91. The van der Waals surface area contributed by atoms with E-state index in [1.54, 1.807) is 0 Å². The van der Waals surface area contributed by atoms with E-state index in [0.717, 1.165) is 31.1 Å². The van der Waals surface area contributed by atoms with Crippen molar-refractivity contribution < 1.29 is 4.74 Å². The van der Waals surface area contributed by atoms with Crippen molar-refractivity contribution in [1.82, 2.24) is 5.32 Å². The van der Waals surface area contributed by atoms with Gasteiger partial charge in [0.15, 0.2) is 0 Å². The van der Waals surface area contributed by atoms with Crippen LogP contribution in [0.2, 0.25) is 0 Å². The van der Waals surface area contributed by atoms with Crippen molar-refractivity contribution in [2.24, 2.45) is 0 Å². The average molecular weight is 215 g/mol. The molecule has 2 atom stereocenters. The van der Waals surface area contributed by atoms with E-state index in [1.807, 2.05) is 11.8 Å². The Bertz CT molecular complexity index is 178. The van der Waals surface area contributed by atoms with Crippen LogP contribution in [-0.2, 0) is 4.74 Å². The number of ether oxygens (including phenoxy) is 1. The lowest BCUT2D eigenvalue weighted by Crippen LogP contribution is -2.45. The highest BCUT2D eigenvalue weighted by molar-refractivity contribution is 7.99. The van der Waals surface area contributed by atoms with Crippen molar-refractivity contribution >= 4 is 11.8 Å². The number of thioether (sulfide) groups is 1. The molecule has 0 amide bonds. The molecular weight excluding hydrogens is 194 g/mol. The van der Waals surface area contributed by atoms with Crippen LogP contribution in [0.1, 0.15) is 20.3 Å². The SMILES string of the molecule is C=C(C)C(NCCC)C1CSCCO1. The smallest absolute Gasteiger partial charge is 0.0856 e. The monoisotopic (exact) mass is 215 g/mol. The zero-order valence-electron chi connectivity index (χ0n) is 9.21. The molecule has 2 unspecified atom stereocenters. The van der Waals surface area contributed by atoms with Gasteiger partial charge in [0.1, 0.15) is 0 Å². The summed E-state index contributed by atoms with van der Waals surface area (Å²) in [5.41, 5.74) is 1.19. The molecule has 0 radical (unpaired) electrons. The highest BCUT2D eigenvalue weighted by Crippen LogP contribution is 2.18. The summed E-state index contributed by atoms with van der Waals surface area (Å²) in [5, 5.41) is 3.50. The van der Waals surface area contributed by atoms with Crippen molar-refractivity contribution in [3.8, 4) is 0 Å². The molecule has 3 heteroatoms. The number of nitrogens with one attached hydrogen (secondary N) is 1. The first-order chi connectivity index (χ1) is 6.75. The molecule has 0 aromatic heterocycles. The number of rotatable bonds is 5. The second kappa shape index (κ2) is 6.49. The molecule has 1 aliphatic heterocycles. The third-order valence-electron chi connectivity index (χ3n) is 2.36. The molecule has 0 aromatic carbocycles. The first-order valence-corrected chi connectivity index (χ1v) is 6.49. The highest BCUT2D eigenvalue weighted by atomic mass is 32.2. The number of hydrogen-bond acceptors (Lipinski definition) is 3. The molecular formula is C11H21NOS. The van der Waals surface area contributed by atoms with Crippen molar-refractivity contribution in [2.75, 3.05) is 24.7 Å². The molecule has 1 heterocycles. The van der Waals surface area contributed by atoms with Crippen molar-refractivity contribution in [2.45, 2.75) is 32.4 Å². The lowest BCUT2D eigenvalue weighted by atomic mass is 10.1. The molecule has 1 N–H and O–H groups in total. The van der Waals surface area contributed by atoms with Crippen LogP contribution in [0.3, 0.4) is 0 Å². The van der Waals surface area contributed by atoms with Crippen molar-refractivity contribution in [1.29, 1.82) is 0 Å². The number of hydrogen-bond donors (Lipinski definition) is 1.